The fourth-order valence-electron chi connectivity index (χ4n) is 3.71. The molecule has 0 amide bonds. The Balaban J connectivity index is 2.23. The predicted molar refractivity (Wildman–Crippen MR) is 89.3 cm³/mol. The first-order valence-electron chi connectivity index (χ1n) is 7.12. The summed E-state index contributed by atoms with van der Waals surface area (Å²) in [6.45, 7) is 4.79. The summed E-state index contributed by atoms with van der Waals surface area (Å²) in [7, 11) is 2.09. The number of hydrogen-bond donors (Lipinski definition) is 1. The Bertz CT molecular complexity index is 403. The van der Waals surface area contributed by atoms with Crippen molar-refractivity contribution >= 4 is 31.9 Å². The van der Waals surface area contributed by atoms with Crippen LogP contribution in [-0.2, 0) is 0 Å². The Labute approximate surface area is 133 Å². The number of benzene rings is 1. The molecule has 0 aliphatic heterocycles. The van der Waals surface area contributed by atoms with Crippen LogP contribution in [0.2, 0.25) is 0 Å². The smallest absolute Gasteiger partial charge is 0.0347 e. The molecule has 1 fully saturated rings. The second-order valence-electron chi connectivity index (χ2n) is 6.15. The van der Waals surface area contributed by atoms with Crippen LogP contribution >= 0.6 is 31.9 Å². The van der Waals surface area contributed by atoms with Crippen molar-refractivity contribution < 1.29 is 0 Å². The van der Waals surface area contributed by atoms with Crippen LogP contribution in [0.5, 0.6) is 0 Å². The fourth-order valence-corrected chi connectivity index (χ4v) is 5.04. The second-order valence-corrected chi connectivity index (χ2v) is 7.98. The average Bonchev–Trinajstić information content (AvgIpc) is 2.27. The molecule has 1 saturated carbocycles. The van der Waals surface area contributed by atoms with E-state index in [2.05, 4.69) is 76.3 Å². The zero-order chi connectivity index (χ0) is 14.0. The summed E-state index contributed by atoms with van der Waals surface area (Å²) in [5.41, 5.74) is 1.38. The van der Waals surface area contributed by atoms with Crippen LogP contribution in [0.4, 0.5) is 0 Å². The maximum atomic E-state index is 3.60. The fraction of sp³-hybridized carbons (Fsp3) is 0.625. The second kappa shape index (κ2) is 6.73. The third-order valence-corrected chi connectivity index (χ3v) is 5.16. The van der Waals surface area contributed by atoms with Crippen LogP contribution in [-0.4, -0.2) is 7.05 Å². The minimum atomic E-state index is 0.457. The van der Waals surface area contributed by atoms with Gasteiger partial charge in [0.25, 0.3) is 0 Å². The highest BCUT2D eigenvalue weighted by Gasteiger charge is 2.30. The largest absolute Gasteiger partial charge is 0.313 e. The minimum Gasteiger partial charge on any atom is -0.313 e. The molecular weight excluding hydrogens is 366 g/mol. The van der Waals surface area contributed by atoms with E-state index in [1.165, 1.54) is 24.8 Å². The van der Waals surface area contributed by atoms with Crippen molar-refractivity contribution in [3.63, 3.8) is 0 Å². The van der Waals surface area contributed by atoms with Crippen molar-refractivity contribution in [2.24, 2.45) is 17.8 Å². The molecule has 3 atom stereocenters. The first kappa shape index (κ1) is 15.5. The van der Waals surface area contributed by atoms with E-state index in [1.807, 2.05) is 0 Å². The van der Waals surface area contributed by atoms with E-state index in [0.717, 1.165) is 26.7 Å². The third-order valence-electron chi connectivity index (χ3n) is 4.24. The molecule has 0 radical (unpaired) electrons. The van der Waals surface area contributed by atoms with Crippen LogP contribution in [0.1, 0.15) is 44.7 Å². The Morgan fingerprint density at radius 1 is 1.00 bits per heavy atom. The molecule has 0 aromatic heterocycles. The third kappa shape index (κ3) is 4.05. The van der Waals surface area contributed by atoms with Gasteiger partial charge in [0, 0.05) is 15.0 Å². The van der Waals surface area contributed by atoms with Gasteiger partial charge < -0.3 is 5.32 Å². The van der Waals surface area contributed by atoms with Crippen molar-refractivity contribution in [2.75, 3.05) is 7.05 Å². The lowest BCUT2D eigenvalue weighted by molar-refractivity contribution is 0.180. The van der Waals surface area contributed by atoms with Gasteiger partial charge in [0.2, 0.25) is 0 Å². The lowest BCUT2D eigenvalue weighted by Crippen LogP contribution is -2.31. The molecule has 1 aromatic carbocycles. The summed E-state index contributed by atoms with van der Waals surface area (Å²) < 4.78 is 2.29. The molecule has 0 heterocycles. The number of halogens is 2. The predicted octanol–water partition coefficient (Wildman–Crippen LogP) is 5.54. The van der Waals surface area contributed by atoms with Crippen molar-refractivity contribution in [3.8, 4) is 0 Å². The SMILES string of the molecule is CNC(c1cc(Br)cc(Br)c1)C1CC(C)CC(C)C1. The van der Waals surface area contributed by atoms with E-state index < -0.39 is 0 Å². The highest BCUT2D eigenvalue weighted by Crippen LogP contribution is 2.40. The normalized spacial score (nSPS) is 29.2. The summed E-state index contributed by atoms with van der Waals surface area (Å²) >= 11 is 7.20. The minimum absolute atomic E-state index is 0.457. The van der Waals surface area contributed by atoms with E-state index in [0.29, 0.717) is 6.04 Å². The lowest BCUT2D eigenvalue weighted by Gasteiger charge is -2.36. The molecule has 0 saturated heterocycles. The van der Waals surface area contributed by atoms with Gasteiger partial charge >= 0.3 is 0 Å². The summed E-state index contributed by atoms with van der Waals surface area (Å²) in [6, 6.07) is 7.05. The summed E-state index contributed by atoms with van der Waals surface area (Å²) in [4.78, 5) is 0. The van der Waals surface area contributed by atoms with Gasteiger partial charge in [-0.3, -0.25) is 0 Å². The lowest BCUT2D eigenvalue weighted by atomic mass is 9.72. The van der Waals surface area contributed by atoms with Gasteiger partial charge in [0.1, 0.15) is 0 Å². The van der Waals surface area contributed by atoms with Gasteiger partial charge in [-0.2, -0.15) is 0 Å². The van der Waals surface area contributed by atoms with E-state index in [4.69, 9.17) is 0 Å². The molecule has 19 heavy (non-hydrogen) atoms. The Kier molecular flexibility index (Phi) is 5.50. The maximum absolute atomic E-state index is 3.60. The average molecular weight is 389 g/mol. The van der Waals surface area contributed by atoms with Crippen molar-refractivity contribution in [2.45, 2.75) is 39.2 Å². The van der Waals surface area contributed by atoms with Crippen molar-refractivity contribution in [1.82, 2.24) is 5.32 Å². The van der Waals surface area contributed by atoms with Crippen molar-refractivity contribution in [1.29, 1.82) is 0 Å². The maximum Gasteiger partial charge on any atom is 0.0347 e. The highest BCUT2D eigenvalue weighted by atomic mass is 79.9. The molecule has 1 nitrogen and oxygen atoms in total. The van der Waals surface area contributed by atoms with E-state index in [-0.39, 0.29) is 0 Å². The number of nitrogens with one attached hydrogen (secondary N) is 1. The number of hydrogen-bond acceptors (Lipinski definition) is 1. The van der Waals surface area contributed by atoms with Gasteiger partial charge in [0.15, 0.2) is 0 Å². The summed E-state index contributed by atoms with van der Waals surface area (Å²) in [6.07, 6.45) is 4.05. The van der Waals surface area contributed by atoms with Crippen LogP contribution in [0.3, 0.4) is 0 Å². The molecule has 0 bridgehead atoms. The molecule has 2 rings (SSSR count). The van der Waals surface area contributed by atoms with Gasteiger partial charge in [0.05, 0.1) is 0 Å². The van der Waals surface area contributed by atoms with E-state index >= 15 is 0 Å². The molecule has 3 heteroatoms. The van der Waals surface area contributed by atoms with Crippen LogP contribution in [0.25, 0.3) is 0 Å². The van der Waals surface area contributed by atoms with Crippen LogP contribution in [0.15, 0.2) is 27.1 Å². The first-order valence-corrected chi connectivity index (χ1v) is 8.71. The molecule has 0 spiro atoms. The zero-order valence-corrected chi connectivity index (χ0v) is 15.1. The number of rotatable bonds is 3. The molecule has 1 aliphatic rings. The van der Waals surface area contributed by atoms with E-state index in [1.54, 1.807) is 0 Å². The van der Waals surface area contributed by atoms with Crippen molar-refractivity contribution in [3.05, 3.63) is 32.7 Å². The summed E-state index contributed by atoms with van der Waals surface area (Å²) in [5, 5.41) is 3.54. The molecule has 1 N–H and O–H groups in total. The first-order chi connectivity index (χ1) is 8.99. The summed E-state index contributed by atoms with van der Waals surface area (Å²) in [5.74, 6) is 2.44. The molecule has 3 unspecified atom stereocenters. The van der Waals surface area contributed by atoms with Gasteiger partial charge in [-0.25, -0.2) is 0 Å². The zero-order valence-electron chi connectivity index (χ0n) is 11.9. The van der Waals surface area contributed by atoms with Gasteiger partial charge in [-0.15, -0.1) is 0 Å². The Morgan fingerprint density at radius 2 is 1.53 bits per heavy atom. The Morgan fingerprint density at radius 3 is 2.00 bits per heavy atom. The molecule has 1 aliphatic carbocycles. The molecular formula is C16H23Br2N. The van der Waals surface area contributed by atoms with Gasteiger partial charge in [-0.1, -0.05) is 45.7 Å². The van der Waals surface area contributed by atoms with Crippen LogP contribution in [0, 0.1) is 17.8 Å². The molecule has 1 aromatic rings. The molecule has 106 valence electrons. The monoisotopic (exact) mass is 387 g/mol. The highest BCUT2D eigenvalue weighted by molar-refractivity contribution is 9.11. The standard InChI is InChI=1S/C16H23Br2N/c1-10-4-11(2)6-12(5-10)16(19-3)13-7-14(17)9-15(18)8-13/h7-12,16,19H,4-6H2,1-3H3. The topological polar surface area (TPSA) is 12.0 Å². The van der Waals surface area contributed by atoms with Crippen LogP contribution < -0.4 is 5.32 Å². The van der Waals surface area contributed by atoms with E-state index in [9.17, 15) is 0 Å². The Hall–Kier alpha value is 0.140. The quantitative estimate of drug-likeness (QED) is 0.716. The van der Waals surface area contributed by atoms with Gasteiger partial charge in [-0.05, 0) is 67.8 Å².